The van der Waals surface area contributed by atoms with Crippen LogP contribution in [0.3, 0.4) is 0 Å². The van der Waals surface area contributed by atoms with Crippen molar-refractivity contribution >= 4 is 30.9 Å². The van der Waals surface area contributed by atoms with E-state index in [4.69, 9.17) is 14.5 Å². The van der Waals surface area contributed by atoms with Crippen LogP contribution in [0.25, 0.3) is 4.91 Å². The van der Waals surface area contributed by atoms with Crippen molar-refractivity contribution in [2.24, 2.45) is 0 Å². The number of phenolic OH excluding ortho intramolecular Hbond substituents is 1. The van der Waals surface area contributed by atoms with Gasteiger partial charge in [-0.25, -0.2) is 0 Å². The van der Waals surface area contributed by atoms with Crippen molar-refractivity contribution in [3.8, 4) is 5.75 Å². The zero-order valence-corrected chi connectivity index (χ0v) is 11.4. The summed E-state index contributed by atoms with van der Waals surface area (Å²) in [6.07, 6.45) is 0.869. The summed E-state index contributed by atoms with van der Waals surface area (Å²) in [4.78, 5) is -1.36. The predicted molar refractivity (Wildman–Crippen MR) is 68.9 cm³/mol. The van der Waals surface area contributed by atoms with E-state index < -0.39 is 35.8 Å². The summed E-state index contributed by atoms with van der Waals surface area (Å²) in [5.41, 5.74) is -0.698. The molecule has 10 heteroatoms. The van der Waals surface area contributed by atoms with Crippen molar-refractivity contribution < 1.29 is 31.0 Å². The van der Waals surface area contributed by atoms with Crippen molar-refractivity contribution in [2.45, 2.75) is 11.3 Å². The lowest BCUT2D eigenvalue weighted by Gasteiger charge is -2.18. The molecule has 2 rings (SSSR count). The van der Waals surface area contributed by atoms with E-state index in [1.54, 1.807) is 0 Å². The highest BCUT2D eigenvalue weighted by Gasteiger charge is 2.29. The molecule has 0 amide bonds. The normalized spacial score (nSPS) is 15.7. The van der Waals surface area contributed by atoms with Crippen molar-refractivity contribution in [3.63, 3.8) is 0 Å². The first-order valence-electron chi connectivity index (χ1n) is 5.12. The smallest absolute Gasteiger partial charge is 0.294 e. The van der Waals surface area contributed by atoms with Crippen molar-refractivity contribution in [3.05, 3.63) is 29.3 Å². The van der Waals surface area contributed by atoms with E-state index in [1.165, 1.54) is 0 Å². The number of benzene rings is 1. The van der Waals surface area contributed by atoms with Gasteiger partial charge in [0.25, 0.3) is 20.2 Å². The highest BCUT2D eigenvalue weighted by molar-refractivity contribution is 7.95. The molecule has 0 unspecified atom stereocenters. The van der Waals surface area contributed by atoms with Gasteiger partial charge in [-0.15, -0.1) is 0 Å². The Labute approximate surface area is 114 Å². The fraction of sp³-hybridized carbons (Fsp3) is 0.100. The topological polar surface area (TPSA) is 153 Å². The molecule has 0 saturated heterocycles. The Morgan fingerprint density at radius 2 is 1.65 bits per heavy atom. The summed E-state index contributed by atoms with van der Waals surface area (Å²) in [6.45, 7) is 0. The fourth-order valence-electron chi connectivity index (χ4n) is 1.91. The number of aromatic hydroxyl groups is 1. The minimum absolute atomic E-state index is 0.146. The first-order valence-corrected chi connectivity index (χ1v) is 8.00. The average molecular weight is 319 g/mol. The summed E-state index contributed by atoms with van der Waals surface area (Å²) < 4.78 is 62.7. The van der Waals surface area contributed by atoms with Gasteiger partial charge in [-0.3, -0.25) is 9.11 Å². The van der Waals surface area contributed by atoms with Crippen LogP contribution in [0.5, 0.6) is 5.75 Å². The molecule has 0 aliphatic heterocycles. The number of phenols is 1. The Morgan fingerprint density at radius 1 is 1.05 bits per heavy atom. The van der Waals surface area contributed by atoms with Gasteiger partial charge in [0.2, 0.25) is 0 Å². The third-order valence-corrected chi connectivity index (χ3v) is 4.50. The van der Waals surface area contributed by atoms with Crippen LogP contribution >= 0.6 is 0 Å². The van der Waals surface area contributed by atoms with Gasteiger partial charge in [-0.05, 0) is 6.07 Å². The van der Waals surface area contributed by atoms with E-state index in [0.29, 0.717) is 6.07 Å². The Morgan fingerprint density at radius 3 is 2.15 bits per heavy atom. The average Bonchev–Trinajstić information content (AvgIpc) is 2.25. The Bertz CT molecular complexity index is 850. The molecule has 0 spiro atoms. The molecule has 8 nitrogen and oxygen atoms in total. The quantitative estimate of drug-likeness (QED) is 0.583. The van der Waals surface area contributed by atoms with Crippen molar-refractivity contribution in [2.75, 3.05) is 0 Å². The van der Waals surface area contributed by atoms with Gasteiger partial charge in [0.1, 0.15) is 5.75 Å². The minimum Gasteiger partial charge on any atom is -0.507 e. The standard InChI is InChI=1S/C10H9NO7S2/c11-7-1-2-9(20(16,17)18)6-3-5(19(13,14)15)4-8(12)10(6)7/h2-4,11-12H,1H2,(H,13,14,15)(H,16,17,18). The molecule has 0 saturated carbocycles. The largest absolute Gasteiger partial charge is 0.507 e. The van der Waals surface area contributed by atoms with Crippen LogP contribution in [0, 0.1) is 5.41 Å². The molecule has 1 aliphatic carbocycles. The SMILES string of the molecule is N=C1CC=C(S(=O)(=O)O)c2cc(S(=O)(=O)O)cc(O)c21. The van der Waals surface area contributed by atoms with Crippen molar-refractivity contribution in [1.82, 2.24) is 0 Å². The Hall–Kier alpha value is -1.75. The molecule has 20 heavy (non-hydrogen) atoms. The first-order chi connectivity index (χ1) is 9.01. The molecule has 0 atom stereocenters. The predicted octanol–water partition coefficient (Wildman–Crippen LogP) is 0.639. The van der Waals surface area contributed by atoms with Gasteiger partial charge in [0.05, 0.1) is 9.80 Å². The highest BCUT2D eigenvalue weighted by atomic mass is 32.2. The molecule has 4 N–H and O–H groups in total. The molecule has 0 aromatic heterocycles. The maximum Gasteiger partial charge on any atom is 0.294 e. The van der Waals surface area contributed by atoms with Crippen LogP contribution < -0.4 is 0 Å². The van der Waals surface area contributed by atoms with Crippen LogP contribution in [0.15, 0.2) is 23.1 Å². The molecule has 1 aromatic rings. The second-order valence-corrected chi connectivity index (χ2v) is 6.88. The molecule has 0 heterocycles. The fourth-order valence-corrected chi connectivity index (χ4v) is 3.17. The van der Waals surface area contributed by atoms with Gasteiger partial charge in [-0.1, -0.05) is 6.08 Å². The van der Waals surface area contributed by atoms with Crippen LogP contribution in [-0.2, 0) is 20.2 Å². The van der Waals surface area contributed by atoms with E-state index in [2.05, 4.69) is 0 Å². The van der Waals surface area contributed by atoms with E-state index in [0.717, 1.165) is 12.1 Å². The molecule has 1 aromatic carbocycles. The lowest BCUT2D eigenvalue weighted by molar-refractivity contribution is 0.464. The minimum atomic E-state index is -4.68. The summed E-state index contributed by atoms with van der Waals surface area (Å²) in [7, 11) is -9.34. The number of allylic oxidation sites excluding steroid dienone is 1. The first kappa shape index (κ1) is 14.7. The van der Waals surface area contributed by atoms with E-state index >= 15 is 0 Å². The molecular formula is C10H9NO7S2. The third kappa shape index (κ3) is 2.45. The summed E-state index contributed by atoms with van der Waals surface area (Å²) >= 11 is 0. The molecule has 1 aliphatic rings. The van der Waals surface area contributed by atoms with Gasteiger partial charge >= 0.3 is 0 Å². The van der Waals surface area contributed by atoms with Crippen LogP contribution in [0.4, 0.5) is 0 Å². The molecular weight excluding hydrogens is 310 g/mol. The summed E-state index contributed by atoms with van der Waals surface area (Å²) in [6, 6.07) is 1.48. The molecule has 0 fully saturated rings. The third-order valence-electron chi connectivity index (χ3n) is 2.73. The second kappa shape index (κ2) is 4.38. The van der Waals surface area contributed by atoms with E-state index in [1.807, 2.05) is 0 Å². The van der Waals surface area contributed by atoms with Gasteiger partial charge in [0, 0.05) is 29.3 Å². The molecule has 108 valence electrons. The lowest BCUT2D eigenvalue weighted by atomic mass is 9.94. The zero-order chi connectivity index (χ0) is 15.3. The van der Waals surface area contributed by atoms with Gasteiger partial charge in [-0.2, -0.15) is 16.8 Å². The van der Waals surface area contributed by atoms with Crippen LogP contribution in [-0.4, -0.2) is 36.8 Å². The van der Waals surface area contributed by atoms with Crippen molar-refractivity contribution in [1.29, 1.82) is 5.41 Å². The number of hydrogen-bond donors (Lipinski definition) is 4. The highest BCUT2D eigenvalue weighted by Crippen LogP contribution is 2.36. The van der Waals surface area contributed by atoms with Crippen LogP contribution in [0.2, 0.25) is 0 Å². The summed E-state index contributed by atoms with van der Waals surface area (Å²) in [5.74, 6) is -0.672. The Balaban J connectivity index is 2.88. The Kier molecular flexibility index (Phi) is 3.21. The number of hydrogen-bond acceptors (Lipinski definition) is 6. The van der Waals surface area contributed by atoms with E-state index in [9.17, 15) is 21.9 Å². The van der Waals surface area contributed by atoms with Crippen LogP contribution in [0.1, 0.15) is 17.5 Å². The van der Waals surface area contributed by atoms with Gasteiger partial charge in [0.15, 0.2) is 0 Å². The number of nitrogens with one attached hydrogen (secondary N) is 1. The van der Waals surface area contributed by atoms with Gasteiger partial charge < -0.3 is 10.5 Å². The maximum absolute atomic E-state index is 11.3. The molecule has 0 radical (unpaired) electrons. The lowest BCUT2D eigenvalue weighted by Crippen LogP contribution is -2.14. The zero-order valence-electron chi connectivity index (χ0n) is 9.73. The second-order valence-electron chi connectivity index (χ2n) is 4.07. The molecule has 0 bridgehead atoms. The van der Waals surface area contributed by atoms with E-state index in [-0.39, 0.29) is 23.3 Å². The number of fused-ring (bicyclic) bond motifs is 1. The summed E-state index contributed by atoms with van der Waals surface area (Å²) in [5, 5.41) is 17.4. The maximum atomic E-state index is 11.3. The number of rotatable bonds is 2. The monoisotopic (exact) mass is 319 g/mol.